The molecule has 2 amide bonds. The fourth-order valence-electron chi connectivity index (χ4n) is 1.19. The van der Waals surface area contributed by atoms with E-state index in [9.17, 15) is 9.59 Å². The molecule has 0 spiro atoms. The molecule has 1 fully saturated rings. The third-order valence-corrected chi connectivity index (χ3v) is 1.84. The number of carbonyl (C=O) groups is 2. The predicted molar refractivity (Wildman–Crippen MR) is 46.9 cm³/mol. The Labute approximate surface area is 77.6 Å². The van der Waals surface area contributed by atoms with E-state index in [2.05, 4.69) is 5.32 Å². The summed E-state index contributed by atoms with van der Waals surface area (Å²) in [7, 11) is 0. The van der Waals surface area contributed by atoms with Gasteiger partial charge in [0.25, 0.3) is 0 Å². The van der Waals surface area contributed by atoms with Gasteiger partial charge in [-0.25, -0.2) is 0 Å². The van der Waals surface area contributed by atoms with Crippen molar-refractivity contribution in [2.24, 2.45) is 11.8 Å². The van der Waals surface area contributed by atoms with Crippen molar-refractivity contribution in [1.29, 1.82) is 0 Å². The Morgan fingerprint density at radius 1 is 1.54 bits per heavy atom. The summed E-state index contributed by atoms with van der Waals surface area (Å²) < 4.78 is 5.28. The van der Waals surface area contributed by atoms with E-state index in [0.717, 1.165) is 0 Å². The van der Waals surface area contributed by atoms with E-state index in [1.807, 2.05) is 13.8 Å². The molecular formula is C9H15NO3. The second-order valence-corrected chi connectivity index (χ2v) is 3.74. The van der Waals surface area contributed by atoms with Crippen LogP contribution in [0.3, 0.4) is 0 Å². The summed E-state index contributed by atoms with van der Waals surface area (Å²) in [5, 5.41) is 2.25. The van der Waals surface area contributed by atoms with Crippen molar-refractivity contribution in [3.8, 4) is 0 Å². The minimum absolute atomic E-state index is 0.192. The van der Waals surface area contributed by atoms with Crippen molar-refractivity contribution in [1.82, 2.24) is 5.32 Å². The minimum atomic E-state index is -0.272. The Balaban J connectivity index is 2.22. The third kappa shape index (κ3) is 3.14. The average Bonchev–Trinajstić information content (AvgIpc) is 2.29. The van der Waals surface area contributed by atoms with Gasteiger partial charge in [0.05, 0.1) is 12.5 Å². The van der Waals surface area contributed by atoms with E-state index in [4.69, 9.17) is 4.74 Å². The summed E-state index contributed by atoms with van der Waals surface area (Å²) in [4.78, 5) is 21.8. The van der Waals surface area contributed by atoms with Gasteiger partial charge in [0.1, 0.15) is 0 Å². The lowest BCUT2D eigenvalue weighted by atomic mass is 10.1. The van der Waals surface area contributed by atoms with Crippen molar-refractivity contribution in [3.05, 3.63) is 0 Å². The van der Waals surface area contributed by atoms with Crippen LogP contribution in [0.5, 0.6) is 0 Å². The molecule has 0 saturated carbocycles. The Bertz CT molecular complexity index is 213. The van der Waals surface area contributed by atoms with Crippen LogP contribution in [0.2, 0.25) is 0 Å². The zero-order chi connectivity index (χ0) is 9.84. The minimum Gasteiger partial charge on any atom is -0.380 e. The van der Waals surface area contributed by atoms with Crippen molar-refractivity contribution in [2.45, 2.75) is 20.3 Å². The van der Waals surface area contributed by atoms with Gasteiger partial charge in [-0.15, -0.1) is 0 Å². The standard InChI is InChI=1S/C9H15NO3/c1-6(2)4-13-5-7-3-8(11)10-9(7)12/h6-7H,3-5H2,1-2H3,(H,10,11,12). The number of nitrogens with one attached hydrogen (secondary N) is 1. The molecule has 0 aromatic rings. The molecule has 0 aliphatic carbocycles. The fraction of sp³-hybridized carbons (Fsp3) is 0.778. The molecule has 0 aromatic heterocycles. The quantitative estimate of drug-likeness (QED) is 0.642. The molecule has 74 valence electrons. The predicted octanol–water partition coefficient (Wildman–Crippen LogP) is 0.322. The van der Waals surface area contributed by atoms with E-state index < -0.39 is 0 Å². The topological polar surface area (TPSA) is 55.4 Å². The molecule has 4 heteroatoms. The maximum atomic E-state index is 11.0. The highest BCUT2D eigenvalue weighted by Crippen LogP contribution is 2.11. The Morgan fingerprint density at radius 3 is 2.69 bits per heavy atom. The average molecular weight is 185 g/mol. The zero-order valence-electron chi connectivity index (χ0n) is 8.00. The Hall–Kier alpha value is -0.900. The first kappa shape index (κ1) is 10.2. The van der Waals surface area contributed by atoms with Crippen molar-refractivity contribution < 1.29 is 14.3 Å². The van der Waals surface area contributed by atoms with Gasteiger partial charge in [-0.3, -0.25) is 14.9 Å². The highest BCUT2D eigenvalue weighted by Gasteiger charge is 2.30. The van der Waals surface area contributed by atoms with Gasteiger partial charge in [0.2, 0.25) is 11.8 Å². The second-order valence-electron chi connectivity index (χ2n) is 3.74. The molecule has 1 atom stereocenters. The molecule has 0 radical (unpaired) electrons. The molecule has 1 aliphatic rings. The van der Waals surface area contributed by atoms with Crippen LogP contribution in [0.25, 0.3) is 0 Å². The number of carbonyl (C=O) groups excluding carboxylic acids is 2. The maximum Gasteiger partial charge on any atom is 0.232 e. The van der Waals surface area contributed by atoms with Crippen molar-refractivity contribution in [3.63, 3.8) is 0 Å². The first-order valence-corrected chi connectivity index (χ1v) is 4.51. The summed E-state index contributed by atoms with van der Waals surface area (Å²) in [6.45, 7) is 5.08. The van der Waals surface area contributed by atoms with Gasteiger partial charge in [0.15, 0.2) is 0 Å². The lowest BCUT2D eigenvalue weighted by Gasteiger charge is -2.08. The Kier molecular flexibility index (Phi) is 3.42. The van der Waals surface area contributed by atoms with Crippen LogP contribution in [0.15, 0.2) is 0 Å². The highest BCUT2D eigenvalue weighted by atomic mass is 16.5. The molecule has 1 saturated heterocycles. The van der Waals surface area contributed by atoms with E-state index in [1.54, 1.807) is 0 Å². The molecule has 1 N–H and O–H groups in total. The summed E-state index contributed by atoms with van der Waals surface area (Å²) in [5.41, 5.74) is 0. The van der Waals surface area contributed by atoms with Crippen LogP contribution in [0, 0.1) is 11.8 Å². The largest absolute Gasteiger partial charge is 0.380 e. The maximum absolute atomic E-state index is 11.0. The Morgan fingerprint density at radius 2 is 2.23 bits per heavy atom. The second kappa shape index (κ2) is 4.37. The monoisotopic (exact) mass is 185 g/mol. The van der Waals surface area contributed by atoms with Crippen LogP contribution in [0.4, 0.5) is 0 Å². The summed E-state index contributed by atoms with van der Waals surface area (Å²) in [6, 6.07) is 0. The molecule has 1 rings (SSSR count). The van der Waals surface area contributed by atoms with Gasteiger partial charge in [-0.2, -0.15) is 0 Å². The van der Waals surface area contributed by atoms with E-state index >= 15 is 0 Å². The van der Waals surface area contributed by atoms with Crippen LogP contribution >= 0.6 is 0 Å². The number of imide groups is 1. The highest BCUT2D eigenvalue weighted by molar-refractivity contribution is 6.03. The van der Waals surface area contributed by atoms with Crippen molar-refractivity contribution in [2.75, 3.05) is 13.2 Å². The van der Waals surface area contributed by atoms with Gasteiger partial charge in [0, 0.05) is 13.0 Å². The third-order valence-electron chi connectivity index (χ3n) is 1.84. The summed E-state index contributed by atoms with van der Waals surface area (Å²) >= 11 is 0. The van der Waals surface area contributed by atoms with Gasteiger partial charge in [-0.1, -0.05) is 13.8 Å². The van der Waals surface area contributed by atoms with E-state index in [0.29, 0.717) is 19.1 Å². The van der Waals surface area contributed by atoms with E-state index in [-0.39, 0.29) is 24.2 Å². The summed E-state index contributed by atoms with van der Waals surface area (Å²) in [6.07, 6.45) is 0.275. The number of hydrogen-bond acceptors (Lipinski definition) is 3. The number of hydrogen-bond donors (Lipinski definition) is 1. The van der Waals surface area contributed by atoms with Gasteiger partial charge < -0.3 is 4.74 Å². The molecule has 0 aromatic carbocycles. The first-order valence-electron chi connectivity index (χ1n) is 4.51. The van der Waals surface area contributed by atoms with Crippen LogP contribution in [-0.4, -0.2) is 25.0 Å². The normalized spacial score (nSPS) is 22.5. The number of ether oxygens (including phenoxy) is 1. The summed E-state index contributed by atoms with van der Waals surface area (Å²) in [5.74, 6) is -0.205. The molecule has 1 heterocycles. The molecular weight excluding hydrogens is 170 g/mol. The van der Waals surface area contributed by atoms with E-state index in [1.165, 1.54) is 0 Å². The van der Waals surface area contributed by atoms with Crippen LogP contribution in [0.1, 0.15) is 20.3 Å². The molecule has 1 aliphatic heterocycles. The molecule has 4 nitrogen and oxygen atoms in total. The first-order chi connectivity index (χ1) is 6.09. The lowest BCUT2D eigenvalue weighted by molar-refractivity contribution is -0.126. The molecule has 1 unspecified atom stereocenters. The van der Waals surface area contributed by atoms with Crippen LogP contribution in [-0.2, 0) is 14.3 Å². The van der Waals surface area contributed by atoms with Crippen LogP contribution < -0.4 is 5.32 Å². The van der Waals surface area contributed by atoms with Gasteiger partial charge in [-0.05, 0) is 5.92 Å². The zero-order valence-corrected chi connectivity index (χ0v) is 8.00. The van der Waals surface area contributed by atoms with Gasteiger partial charge >= 0.3 is 0 Å². The SMILES string of the molecule is CC(C)COCC1CC(=O)NC1=O. The number of rotatable bonds is 4. The van der Waals surface area contributed by atoms with Crippen molar-refractivity contribution >= 4 is 11.8 Å². The molecule has 0 bridgehead atoms. The fourth-order valence-corrected chi connectivity index (χ4v) is 1.19. The molecule has 13 heavy (non-hydrogen) atoms. The number of amides is 2. The smallest absolute Gasteiger partial charge is 0.232 e. The lowest BCUT2D eigenvalue weighted by Crippen LogP contribution is -2.24.